The molecule has 1 aliphatic heterocycles. The van der Waals surface area contributed by atoms with Crippen LogP contribution < -0.4 is 9.47 Å². The summed E-state index contributed by atoms with van der Waals surface area (Å²) in [6.07, 6.45) is -0.910. The summed E-state index contributed by atoms with van der Waals surface area (Å²) < 4.78 is 16.7. The molecule has 1 unspecified atom stereocenters. The Morgan fingerprint density at radius 2 is 1.97 bits per heavy atom. The number of esters is 1. The molecule has 1 N–H and O–H groups in total. The highest BCUT2D eigenvalue weighted by atomic mass is 32.2. The molecular weight excluding hydrogens is 470 g/mol. The number of aromatic nitrogens is 1. The molecule has 0 saturated heterocycles. The predicted molar refractivity (Wildman–Crippen MR) is 125 cm³/mol. The summed E-state index contributed by atoms with van der Waals surface area (Å²) in [6, 6.07) is 6.82. The van der Waals surface area contributed by atoms with Crippen molar-refractivity contribution >= 4 is 50.0 Å². The monoisotopic (exact) mass is 489 g/mol. The van der Waals surface area contributed by atoms with Gasteiger partial charge in [-0.2, -0.15) is 0 Å². The number of ether oxygens (including phenoxy) is 3. The van der Waals surface area contributed by atoms with Crippen molar-refractivity contribution < 1.29 is 29.0 Å². The molecule has 12 heteroatoms. The minimum absolute atomic E-state index is 0.151. The second-order valence-electron chi connectivity index (χ2n) is 7.03. The van der Waals surface area contributed by atoms with E-state index < -0.39 is 23.0 Å². The minimum Gasteiger partial charge on any atom is -0.508 e. The van der Waals surface area contributed by atoms with Crippen LogP contribution in [0, 0.1) is 10.1 Å². The Morgan fingerprint density at radius 1 is 1.24 bits per heavy atom. The van der Waals surface area contributed by atoms with Crippen molar-refractivity contribution in [2.24, 2.45) is 4.99 Å². The first-order valence-corrected chi connectivity index (χ1v) is 11.5. The summed E-state index contributed by atoms with van der Waals surface area (Å²) in [4.78, 5) is 32.7. The first-order valence-electron chi connectivity index (χ1n) is 9.72. The van der Waals surface area contributed by atoms with E-state index in [1.54, 1.807) is 25.1 Å². The molecule has 2 heterocycles. The summed E-state index contributed by atoms with van der Waals surface area (Å²) in [7, 11) is 2.80. The van der Waals surface area contributed by atoms with Gasteiger partial charge in [0, 0.05) is 5.75 Å². The van der Waals surface area contributed by atoms with Crippen LogP contribution in [0.5, 0.6) is 17.2 Å². The van der Waals surface area contributed by atoms with E-state index in [1.807, 2.05) is 0 Å². The summed E-state index contributed by atoms with van der Waals surface area (Å²) in [5, 5.41) is 22.5. The van der Waals surface area contributed by atoms with Gasteiger partial charge in [-0.1, -0.05) is 0 Å². The number of hydrogen-bond acceptors (Lipinski definition) is 11. The van der Waals surface area contributed by atoms with Crippen molar-refractivity contribution in [1.29, 1.82) is 0 Å². The van der Waals surface area contributed by atoms with Crippen molar-refractivity contribution in [3.8, 4) is 17.2 Å². The van der Waals surface area contributed by atoms with Gasteiger partial charge < -0.3 is 19.3 Å². The Kier molecular flexibility index (Phi) is 6.38. The normalized spacial score (nSPS) is 16.3. The smallest absolute Gasteiger partial charge is 0.332 e. The SMILES string of the molecule is COc1cc(C(C)OC(=O)[C@H]2CSC(c3nc4ccc(O)cc4s3)=N2)c([N+](=O)[O-])cc1OC. The first-order chi connectivity index (χ1) is 15.8. The van der Waals surface area contributed by atoms with Gasteiger partial charge in [0.2, 0.25) is 0 Å². The number of thioether (sulfide) groups is 1. The van der Waals surface area contributed by atoms with Crippen LogP contribution in [0.1, 0.15) is 23.6 Å². The molecule has 3 aromatic rings. The van der Waals surface area contributed by atoms with Crippen LogP contribution in [-0.2, 0) is 9.53 Å². The quantitative estimate of drug-likeness (QED) is 0.296. The fraction of sp³-hybridized carbons (Fsp3) is 0.286. The molecular formula is C21H19N3O7S2. The number of fused-ring (bicyclic) bond motifs is 1. The number of nitro benzene ring substituents is 1. The lowest BCUT2D eigenvalue weighted by Crippen LogP contribution is -2.23. The van der Waals surface area contributed by atoms with Gasteiger partial charge in [0.15, 0.2) is 17.5 Å². The second-order valence-corrected chi connectivity index (χ2v) is 9.07. The summed E-state index contributed by atoms with van der Waals surface area (Å²) in [6.45, 7) is 1.55. The molecule has 4 rings (SSSR count). The lowest BCUT2D eigenvalue weighted by atomic mass is 10.1. The molecule has 2 atom stereocenters. The number of hydrogen-bond donors (Lipinski definition) is 1. The molecule has 2 aromatic carbocycles. The van der Waals surface area contributed by atoms with Crippen LogP contribution in [0.15, 0.2) is 35.3 Å². The number of phenols is 1. The maximum atomic E-state index is 12.8. The van der Waals surface area contributed by atoms with E-state index in [2.05, 4.69) is 9.98 Å². The van der Waals surface area contributed by atoms with Crippen LogP contribution in [0.3, 0.4) is 0 Å². The van der Waals surface area contributed by atoms with Gasteiger partial charge in [-0.3, -0.25) is 15.1 Å². The molecule has 1 aromatic heterocycles. The summed E-state index contributed by atoms with van der Waals surface area (Å²) in [5.41, 5.74) is 0.680. The Labute approximate surface area is 196 Å². The number of benzene rings is 2. The van der Waals surface area contributed by atoms with E-state index in [9.17, 15) is 20.0 Å². The third-order valence-electron chi connectivity index (χ3n) is 4.94. The van der Waals surface area contributed by atoms with E-state index >= 15 is 0 Å². The number of nitrogens with zero attached hydrogens (tertiary/aromatic N) is 3. The van der Waals surface area contributed by atoms with Crippen molar-refractivity contribution in [2.45, 2.75) is 19.1 Å². The van der Waals surface area contributed by atoms with Crippen LogP contribution in [0.2, 0.25) is 0 Å². The predicted octanol–water partition coefficient (Wildman–Crippen LogP) is 4.09. The number of carbonyl (C=O) groups excluding carboxylic acids is 1. The highest BCUT2D eigenvalue weighted by Crippen LogP contribution is 2.39. The van der Waals surface area contributed by atoms with E-state index in [0.29, 0.717) is 21.6 Å². The number of rotatable bonds is 7. The highest BCUT2D eigenvalue weighted by molar-refractivity contribution is 8.15. The van der Waals surface area contributed by atoms with Gasteiger partial charge in [-0.05, 0) is 31.2 Å². The molecule has 0 amide bonds. The van der Waals surface area contributed by atoms with E-state index in [0.717, 1.165) is 10.2 Å². The average Bonchev–Trinajstić information content (AvgIpc) is 3.44. The zero-order chi connectivity index (χ0) is 23.7. The Morgan fingerprint density at radius 3 is 2.67 bits per heavy atom. The molecule has 0 radical (unpaired) electrons. The molecule has 1 aliphatic rings. The first kappa shape index (κ1) is 22.8. The van der Waals surface area contributed by atoms with Gasteiger partial charge in [-0.15, -0.1) is 23.1 Å². The van der Waals surface area contributed by atoms with Crippen molar-refractivity contribution in [2.75, 3.05) is 20.0 Å². The van der Waals surface area contributed by atoms with E-state index in [4.69, 9.17) is 14.2 Å². The molecule has 0 saturated carbocycles. The van der Waals surface area contributed by atoms with Crippen LogP contribution in [0.4, 0.5) is 5.69 Å². The van der Waals surface area contributed by atoms with Crippen molar-refractivity contribution in [3.63, 3.8) is 0 Å². The number of phenolic OH excluding ortho intramolecular Hbond substituents is 1. The Balaban J connectivity index is 1.53. The average molecular weight is 490 g/mol. The Hall–Kier alpha value is -3.38. The molecule has 0 spiro atoms. The van der Waals surface area contributed by atoms with Crippen LogP contribution >= 0.6 is 23.1 Å². The molecule has 0 fully saturated rings. The molecule has 0 aliphatic carbocycles. The minimum atomic E-state index is -0.910. The maximum absolute atomic E-state index is 12.8. The number of aromatic hydroxyl groups is 1. The molecule has 10 nitrogen and oxygen atoms in total. The second kappa shape index (κ2) is 9.24. The van der Waals surface area contributed by atoms with Crippen molar-refractivity contribution in [1.82, 2.24) is 4.98 Å². The standard InChI is InChI=1S/C21H19N3O7S2/c1-10(12-7-16(29-2)17(30-3)8-15(12)24(27)28)31-21(26)14-9-32-19(23-14)20-22-13-5-4-11(25)6-18(13)33-20/h4-8,10,14,25H,9H2,1-3H3/t10?,14-/m1/s1. The zero-order valence-electron chi connectivity index (χ0n) is 17.8. The van der Waals surface area contributed by atoms with Gasteiger partial charge >= 0.3 is 5.97 Å². The summed E-state index contributed by atoms with van der Waals surface area (Å²) in [5.74, 6) is 0.429. The largest absolute Gasteiger partial charge is 0.508 e. The van der Waals surface area contributed by atoms with E-state index in [-0.39, 0.29) is 22.7 Å². The van der Waals surface area contributed by atoms with Crippen LogP contribution in [-0.4, -0.2) is 52.0 Å². The molecule has 0 bridgehead atoms. The Bertz CT molecular complexity index is 1270. The molecule has 33 heavy (non-hydrogen) atoms. The van der Waals surface area contributed by atoms with Gasteiger partial charge in [0.1, 0.15) is 21.9 Å². The third-order valence-corrected chi connectivity index (χ3v) is 7.15. The fourth-order valence-electron chi connectivity index (χ4n) is 3.30. The summed E-state index contributed by atoms with van der Waals surface area (Å²) >= 11 is 2.75. The van der Waals surface area contributed by atoms with Crippen molar-refractivity contribution in [3.05, 3.63) is 51.0 Å². The fourth-order valence-corrected chi connectivity index (χ4v) is 5.39. The van der Waals surface area contributed by atoms with Crippen LogP contribution in [0.25, 0.3) is 10.2 Å². The lowest BCUT2D eigenvalue weighted by Gasteiger charge is -2.17. The number of methoxy groups -OCH3 is 2. The zero-order valence-corrected chi connectivity index (χ0v) is 19.4. The topological polar surface area (TPSA) is 133 Å². The number of thiazole rings is 1. The van der Waals surface area contributed by atoms with Gasteiger partial charge in [0.25, 0.3) is 5.69 Å². The third kappa shape index (κ3) is 4.57. The number of nitro groups is 1. The van der Waals surface area contributed by atoms with E-state index in [1.165, 1.54) is 49.5 Å². The number of aliphatic imine (C=N–C) groups is 1. The number of carbonyl (C=O) groups is 1. The lowest BCUT2D eigenvalue weighted by molar-refractivity contribution is -0.386. The maximum Gasteiger partial charge on any atom is 0.332 e. The van der Waals surface area contributed by atoms with Gasteiger partial charge in [-0.25, -0.2) is 9.78 Å². The van der Waals surface area contributed by atoms with Gasteiger partial charge in [0.05, 0.1) is 41.0 Å². The highest BCUT2D eigenvalue weighted by Gasteiger charge is 2.32. The molecule has 172 valence electrons.